The molecule has 0 unspecified atom stereocenters. The second kappa shape index (κ2) is 28.2. The molecule has 0 radical (unpaired) electrons. The molecule has 0 amide bonds. The number of hydrogen-bond donors (Lipinski definition) is 12. The van der Waals surface area contributed by atoms with Crippen LogP contribution >= 0.6 is 34.8 Å². The molecule has 3 aliphatic carbocycles. The molecule has 15 atom stereocenters. The molecule has 3 saturated carbocycles. The second-order valence-corrected chi connectivity index (χ2v) is 24.9. The van der Waals surface area contributed by atoms with E-state index in [-0.39, 0.29) is 0 Å². The Morgan fingerprint density at radius 2 is 0.721 bits per heavy atom. The Balaban J connectivity index is 0.000000143. The van der Waals surface area contributed by atoms with Crippen molar-refractivity contribution in [3.8, 4) is 0 Å². The first kappa shape index (κ1) is 64.5. The minimum absolute atomic E-state index is 0.441. The number of rotatable bonds is 16. The van der Waals surface area contributed by atoms with Crippen molar-refractivity contribution in [2.75, 3.05) is 26.9 Å². The van der Waals surface area contributed by atoms with Gasteiger partial charge in [0.15, 0.2) is 0 Å². The number of aliphatic hydroxyl groups excluding tert-OH is 12. The molecule has 12 rings (SSSR count). The lowest BCUT2D eigenvalue weighted by atomic mass is 9.87. The number of benzene rings is 6. The van der Waals surface area contributed by atoms with E-state index in [2.05, 4.69) is 72.8 Å². The quantitative estimate of drug-likeness (QED) is 0.0479. The highest BCUT2D eigenvalue weighted by Gasteiger charge is 2.55. The van der Waals surface area contributed by atoms with Crippen LogP contribution in [0.15, 0.2) is 127 Å². The molecule has 0 bridgehead atoms. The first-order valence-electron chi connectivity index (χ1n) is 29.5. The lowest BCUT2D eigenvalue weighted by molar-refractivity contribution is -0.366. The predicted molar refractivity (Wildman–Crippen MR) is 322 cm³/mol. The van der Waals surface area contributed by atoms with Gasteiger partial charge in [-0.3, -0.25) is 0 Å². The van der Waals surface area contributed by atoms with Gasteiger partial charge in [-0.25, -0.2) is 0 Å². The Hall–Kier alpha value is -4.45. The zero-order valence-electron chi connectivity index (χ0n) is 47.6. The van der Waals surface area contributed by atoms with Gasteiger partial charge in [-0.05, 0) is 161 Å². The number of aliphatic hydroxyl groups is 12. The minimum atomic E-state index is -1.75. The summed E-state index contributed by atoms with van der Waals surface area (Å²) in [6.07, 6.45) is -7.95. The van der Waals surface area contributed by atoms with Crippen molar-refractivity contribution >= 4 is 34.8 Å². The number of halogens is 3. The fourth-order valence-electron chi connectivity index (χ4n) is 11.8. The summed E-state index contributed by atoms with van der Waals surface area (Å²) in [4.78, 5) is 0. The van der Waals surface area contributed by atoms with Crippen molar-refractivity contribution in [3.05, 3.63) is 209 Å². The molecule has 462 valence electrons. The van der Waals surface area contributed by atoms with Gasteiger partial charge >= 0.3 is 0 Å². The maximum Gasteiger partial charge on any atom is 0.224 e. The van der Waals surface area contributed by atoms with Gasteiger partial charge in [0.05, 0.1) is 19.8 Å². The Kier molecular flexibility index (Phi) is 21.1. The van der Waals surface area contributed by atoms with Gasteiger partial charge in [-0.1, -0.05) is 138 Å². The topological polar surface area (TPSA) is 280 Å². The van der Waals surface area contributed by atoms with Gasteiger partial charge < -0.3 is 80.2 Å². The third-order valence-electron chi connectivity index (χ3n) is 17.6. The van der Waals surface area contributed by atoms with Gasteiger partial charge in [0.1, 0.15) is 85.5 Å². The second-order valence-electron chi connectivity index (χ2n) is 23.7. The summed E-state index contributed by atoms with van der Waals surface area (Å²) in [5.74, 6) is 0.374. The third-order valence-corrected chi connectivity index (χ3v) is 18.7. The molecule has 6 aliphatic rings. The molecule has 0 spiro atoms. The molecule has 12 N–H and O–H groups in total. The maximum atomic E-state index is 10.7. The van der Waals surface area contributed by atoms with Crippen molar-refractivity contribution in [1.29, 1.82) is 0 Å². The molecular formula is C67H77Cl3O16. The number of methoxy groups -OCH3 is 1. The van der Waals surface area contributed by atoms with Crippen LogP contribution in [0.3, 0.4) is 0 Å². The van der Waals surface area contributed by atoms with Crippen LogP contribution in [0, 0.1) is 0 Å². The number of hydrogen-bond acceptors (Lipinski definition) is 16. The average molecular weight is 1240 g/mol. The van der Waals surface area contributed by atoms with Crippen molar-refractivity contribution < 1.29 is 80.2 Å². The highest BCUT2D eigenvalue weighted by molar-refractivity contribution is 6.32. The lowest BCUT2D eigenvalue weighted by Gasteiger charge is -2.47. The van der Waals surface area contributed by atoms with E-state index in [4.69, 9.17) is 53.8 Å². The summed E-state index contributed by atoms with van der Waals surface area (Å²) in [6, 6.07) is 41.4. The smallest absolute Gasteiger partial charge is 0.224 e. The molecule has 3 heterocycles. The van der Waals surface area contributed by atoms with E-state index in [1.807, 2.05) is 12.1 Å². The highest BCUT2D eigenvalue weighted by atomic mass is 35.5. The van der Waals surface area contributed by atoms with Crippen molar-refractivity contribution in [3.63, 3.8) is 0 Å². The van der Waals surface area contributed by atoms with E-state index in [1.54, 1.807) is 42.5 Å². The fourth-order valence-corrected chi connectivity index (χ4v) is 12.3. The van der Waals surface area contributed by atoms with Crippen LogP contribution in [-0.4, -0.2) is 161 Å². The SMILES string of the molecule is CO[C@@]1(c2ccc(Cl)c(Cc3ccc(C4CC4)cc3)c2)O[C@H](CO)[C@@H](O)[C@H](O)[C@H]1O.OC[C@H]1O[C@@H](c2ccc(Cl)c(Cc3ccc(C4CC4)cc3)c2)[C@H](O)[C@@H](O)[C@@H]1O.OC[C@H]1O[C@@H](c2ccc(Cl)c(Cc3ccc(C4CC4)cc3)c2)[C@H](O)[C@@H](O)[C@@H]1O. The molecule has 6 aromatic carbocycles. The standard InChI is InChI=1S/C23H27ClO6.2C22H25ClO5/c1-29-23(22(28)21(27)20(26)19(12-25)30-23)17-8-9-18(24)16(11-17)10-13-2-4-14(5-3-13)15-6-7-15;2*23-17-8-7-15(22-21(27)20(26)19(25)18(11-24)28-22)10-16(17)9-12-1-3-13(4-2-12)14-5-6-14/h2-5,8-9,11,15,19-22,25-28H,6-7,10,12H2,1H3;2*1-4,7-8,10,14,18-22,24-27H,5-6,9,11H2/t19-,20-,21+,22-,23+;2*18-,19-,20+,21-,22+/m111/s1. The van der Waals surface area contributed by atoms with Gasteiger partial charge in [-0.15, -0.1) is 0 Å². The molecule has 6 fully saturated rings. The van der Waals surface area contributed by atoms with Gasteiger partial charge in [-0.2, -0.15) is 0 Å². The van der Waals surface area contributed by atoms with Gasteiger partial charge in [0, 0.05) is 27.7 Å². The third kappa shape index (κ3) is 14.6. The van der Waals surface area contributed by atoms with Crippen LogP contribution in [0.4, 0.5) is 0 Å². The number of ether oxygens (including phenoxy) is 4. The van der Waals surface area contributed by atoms with Crippen LogP contribution in [-0.2, 0) is 44.0 Å². The van der Waals surface area contributed by atoms with Crippen LogP contribution in [0.5, 0.6) is 0 Å². The Bertz CT molecular complexity index is 3050. The van der Waals surface area contributed by atoms with Crippen molar-refractivity contribution in [2.24, 2.45) is 0 Å². The zero-order chi connectivity index (χ0) is 61.1. The lowest BCUT2D eigenvalue weighted by Crippen LogP contribution is -2.64. The summed E-state index contributed by atoms with van der Waals surface area (Å²) in [5.41, 5.74) is 11.8. The molecule has 0 aromatic heterocycles. The summed E-state index contributed by atoms with van der Waals surface area (Å²) in [7, 11) is 1.34. The molecule has 3 saturated heterocycles. The summed E-state index contributed by atoms with van der Waals surface area (Å²) >= 11 is 19.2. The van der Waals surface area contributed by atoms with E-state index in [0.29, 0.717) is 68.8 Å². The van der Waals surface area contributed by atoms with E-state index in [9.17, 15) is 61.3 Å². The van der Waals surface area contributed by atoms with Gasteiger partial charge in [0.2, 0.25) is 5.79 Å². The van der Waals surface area contributed by atoms with Crippen LogP contribution < -0.4 is 0 Å². The molecule has 16 nitrogen and oxygen atoms in total. The van der Waals surface area contributed by atoms with E-state index in [0.717, 1.165) is 33.4 Å². The summed E-state index contributed by atoms with van der Waals surface area (Å²) in [5, 5.41) is 122. The summed E-state index contributed by atoms with van der Waals surface area (Å²) in [6.45, 7) is -1.44. The zero-order valence-corrected chi connectivity index (χ0v) is 49.8. The maximum absolute atomic E-state index is 10.7. The first-order valence-corrected chi connectivity index (χ1v) is 30.6. The average Bonchev–Trinajstić information content (AvgIpc) is 2.89. The van der Waals surface area contributed by atoms with E-state index >= 15 is 0 Å². The largest absolute Gasteiger partial charge is 0.394 e. The summed E-state index contributed by atoms with van der Waals surface area (Å²) < 4.78 is 22.6. The Labute approximate surface area is 515 Å². The van der Waals surface area contributed by atoms with E-state index < -0.39 is 111 Å². The monoisotopic (exact) mass is 1240 g/mol. The van der Waals surface area contributed by atoms with Gasteiger partial charge in [0.25, 0.3) is 0 Å². The van der Waals surface area contributed by atoms with Crippen molar-refractivity contribution in [2.45, 2.75) is 167 Å². The van der Waals surface area contributed by atoms with E-state index in [1.165, 1.54) is 62.3 Å². The highest BCUT2D eigenvalue weighted by Crippen LogP contribution is 2.44. The molecule has 86 heavy (non-hydrogen) atoms. The van der Waals surface area contributed by atoms with Crippen molar-refractivity contribution in [1.82, 2.24) is 0 Å². The molecule has 6 aromatic rings. The molecule has 3 aliphatic heterocycles. The predicted octanol–water partition coefficient (Wildman–Crippen LogP) is 6.73. The van der Waals surface area contributed by atoms with Crippen LogP contribution in [0.2, 0.25) is 15.1 Å². The Morgan fingerprint density at radius 3 is 1.06 bits per heavy atom. The van der Waals surface area contributed by atoms with Crippen LogP contribution in [0.1, 0.15) is 135 Å². The normalized spacial score (nSPS) is 30.8. The van der Waals surface area contributed by atoms with Crippen LogP contribution in [0.25, 0.3) is 0 Å². The minimum Gasteiger partial charge on any atom is -0.394 e. The molecule has 19 heteroatoms. The Morgan fingerprint density at radius 1 is 0.395 bits per heavy atom. The fraction of sp³-hybridized carbons (Fsp3) is 0.463. The first-order chi connectivity index (χ1) is 41.3. The molecular weight excluding hydrogens is 1170 g/mol.